The molecular formula is C29H30ClN5O2. The van der Waals surface area contributed by atoms with Crippen LogP contribution in [0.5, 0.6) is 0 Å². The Balaban J connectivity index is 1.40. The summed E-state index contributed by atoms with van der Waals surface area (Å²) in [7, 11) is 2.15. The molecule has 0 saturated carbocycles. The van der Waals surface area contributed by atoms with E-state index in [0.29, 0.717) is 27.5 Å². The van der Waals surface area contributed by atoms with Gasteiger partial charge in [-0.15, -0.1) is 0 Å². The Morgan fingerprint density at radius 3 is 2.49 bits per heavy atom. The molecule has 2 N–H and O–H groups in total. The van der Waals surface area contributed by atoms with Crippen LogP contribution in [0.2, 0.25) is 5.02 Å². The number of aliphatic hydroxyl groups is 1. The standard InChI is InChI=1S/C29H30ClN5O2/c1-29(2,18-7-5-4-6-8-18)35-27(36)24-20(10-11-21(30)25(24)28(35)37)26-31-22-12-9-19(17-23(22)32-26)34-15-13-33(3)14-16-34/h4-12,17,28,37H,13-16H2,1-3H3,(H,31,32). The fourth-order valence-electron chi connectivity index (χ4n) is 5.57. The summed E-state index contributed by atoms with van der Waals surface area (Å²) in [6.45, 7) is 7.89. The number of amides is 1. The molecule has 1 aromatic heterocycles. The average Bonchev–Trinajstić information content (AvgIpc) is 3.44. The van der Waals surface area contributed by atoms with Crippen molar-refractivity contribution in [1.82, 2.24) is 19.8 Å². The second-order valence-corrected chi connectivity index (χ2v) is 10.8. The molecule has 1 amide bonds. The molecule has 37 heavy (non-hydrogen) atoms. The maximum atomic E-state index is 13.9. The van der Waals surface area contributed by atoms with E-state index >= 15 is 0 Å². The summed E-state index contributed by atoms with van der Waals surface area (Å²) >= 11 is 6.57. The number of benzene rings is 3. The number of carbonyl (C=O) groups excluding carboxylic acids is 1. The number of imidazole rings is 1. The van der Waals surface area contributed by atoms with Gasteiger partial charge in [-0.3, -0.25) is 9.69 Å². The van der Waals surface area contributed by atoms with Crippen molar-refractivity contribution >= 4 is 34.2 Å². The lowest BCUT2D eigenvalue weighted by Crippen LogP contribution is -2.44. The smallest absolute Gasteiger partial charge is 0.258 e. The molecule has 7 nitrogen and oxygen atoms in total. The number of hydrogen-bond acceptors (Lipinski definition) is 5. The SMILES string of the molecule is CN1CCN(c2ccc3nc(-c4ccc(Cl)c5c4C(=O)N(C(C)(C)c4ccccc4)C5O)[nH]c3c2)CC1. The number of nitrogens with one attached hydrogen (secondary N) is 1. The number of H-pyrrole nitrogens is 1. The first-order valence-corrected chi connectivity index (χ1v) is 13.0. The van der Waals surface area contributed by atoms with Crippen molar-refractivity contribution in [3.05, 3.63) is 82.4 Å². The number of piperazine rings is 1. The number of likely N-dealkylation sites (N-methyl/N-ethyl adjacent to an activating group) is 1. The highest BCUT2D eigenvalue weighted by atomic mass is 35.5. The molecule has 0 bridgehead atoms. The lowest BCUT2D eigenvalue weighted by Gasteiger charge is -2.38. The average molecular weight is 516 g/mol. The predicted octanol–water partition coefficient (Wildman–Crippen LogP) is 5.02. The maximum Gasteiger partial charge on any atom is 0.258 e. The quantitative estimate of drug-likeness (QED) is 0.399. The van der Waals surface area contributed by atoms with Crippen molar-refractivity contribution in [3.63, 3.8) is 0 Å². The van der Waals surface area contributed by atoms with Crippen LogP contribution in [-0.4, -0.2) is 64.0 Å². The third-order valence-electron chi connectivity index (χ3n) is 7.80. The van der Waals surface area contributed by atoms with Gasteiger partial charge < -0.3 is 19.9 Å². The molecule has 3 aromatic carbocycles. The fourth-order valence-corrected chi connectivity index (χ4v) is 5.82. The van der Waals surface area contributed by atoms with Gasteiger partial charge in [-0.2, -0.15) is 0 Å². The topological polar surface area (TPSA) is 75.7 Å². The molecule has 0 radical (unpaired) electrons. The van der Waals surface area contributed by atoms with Gasteiger partial charge in [-0.25, -0.2) is 4.98 Å². The van der Waals surface area contributed by atoms with E-state index in [0.717, 1.165) is 48.5 Å². The fraction of sp³-hybridized carbons (Fsp3) is 0.310. The number of anilines is 1. The highest BCUT2D eigenvalue weighted by molar-refractivity contribution is 6.32. The van der Waals surface area contributed by atoms with Gasteiger partial charge in [0.2, 0.25) is 0 Å². The molecule has 0 aliphatic carbocycles. The van der Waals surface area contributed by atoms with Crippen LogP contribution in [0.15, 0.2) is 60.7 Å². The molecule has 1 atom stereocenters. The van der Waals surface area contributed by atoms with E-state index in [1.807, 2.05) is 56.3 Å². The highest BCUT2D eigenvalue weighted by Crippen LogP contribution is 2.47. The van der Waals surface area contributed by atoms with Crippen LogP contribution in [-0.2, 0) is 5.54 Å². The van der Waals surface area contributed by atoms with Crippen LogP contribution in [0.3, 0.4) is 0 Å². The monoisotopic (exact) mass is 515 g/mol. The summed E-state index contributed by atoms with van der Waals surface area (Å²) in [5.41, 5.74) is 4.49. The van der Waals surface area contributed by atoms with E-state index < -0.39 is 11.8 Å². The molecule has 6 rings (SSSR count). The zero-order chi connectivity index (χ0) is 25.9. The van der Waals surface area contributed by atoms with Crippen LogP contribution in [0.4, 0.5) is 5.69 Å². The number of hydrogen-bond donors (Lipinski definition) is 2. The summed E-state index contributed by atoms with van der Waals surface area (Å²) < 4.78 is 0. The van der Waals surface area contributed by atoms with E-state index in [1.54, 1.807) is 6.07 Å². The zero-order valence-corrected chi connectivity index (χ0v) is 22.0. The Morgan fingerprint density at radius 2 is 1.76 bits per heavy atom. The summed E-state index contributed by atoms with van der Waals surface area (Å²) in [6, 6.07) is 19.5. The number of carbonyl (C=O) groups is 1. The molecule has 1 fully saturated rings. The van der Waals surface area contributed by atoms with Gasteiger partial charge in [0.1, 0.15) is 5.82 Å². The molecule has 1 saturated heterocycles. The van der Waals surface area contributed by atoms with E-state index in [-0.39, 0.29) is 5.91 Å². The Morgan fingerprint density at radius 1 is 1.03 bits per heavy atom. The molecule has 3 heterocycles. The summed E-state index contributed by atoms with van der Waals surface area (Å²) in [6.07, 6.45) is -1.17. The lowest BCUT2D eigenvalue weighted by atomic mass is 9.92. The van der Waals surface area contributed by atoms with E-state index in [2.05, 4.69) is 34.0 Å². The number of aromatic nitrogens is 2. The number of aromatic amines is 1. The maximum absolute atomic E-state index is 13.9. The van der Waals surface area contributed by atoms with Crippen LogP contribution < -0.4 is 4.90 Å². The Kier molecular flexibility index (Phi) is 5.75. The van der Waals surface area contributed by atoms with Crippen molar-refractivity contribution in [2.75, 3.05) is 38.1 Å². The van der Waals surface area contributed by atoms with Gasteiger partial charge in [0.15, 0.2) is 6.23 Å². The third-order valence-corrected chi connectivity index (χ3v) is 8.13. The van der Waals surface area contributed by atoms with Crippen LogP contribution in [0, 0.1) is 0 Å². The first kappa shape index (κ1) is 24.0. The second kappa shape index (κ2) is 8.87. The highest BCUT2D eigenvalue weighted by Gasteiger charge is 2.47. The normalized spacial score (nSPS) is 18.6. The van der Waals surface area contributed by atoms with E-state index in [1.165, 1.54) is 4.90 Å². The van der Waals surface area contributed by atoms with Crippen molar-refractivity contribution in [1.29, 1.82) is 0 Å². The Hall–Kier alpha value is -3.39. The molecule has 2 aliphatic rings. The minimum Gasteiger partial charge on any atom is -0.369 e. The molecule has 190 valence electrons. The Labute approximate surface area is 221 Å². The van der Waals surface area contributed by atoms with Gasteiger partial charge in [0.25, 0.3) is 5.91 Å². The molecule has 0 spiro atoms. The number of aliphatic hydroxyl groups excluding tert-OH is 1. The van der Waals surface area contributed by atoms with E-state index in [9.17, 15) is 9.90 Å². The summed E-state index contributed by atoms with van der Waals surface area (Å²) in [5.74, 6) is 0.311. The first-order valence-electron chi connectivity index (χ1n) is 12.6. The van der Waals surface area contributed by atoms with Gasteiger partial charge >= 0.3 is 0 Å². The van der Waals surface area contributed by atoms with Gasteiger partial charge in [0.05, 0.1) is 22.1 Å². The summed E-state index contributed by atoms with van der Waals surface area (Å²) in [4.78, 5) is 28.4. The second-order valence-electron chi connectivity index (χ2n) is 10.4. The van der Waals surface area contributed by atoms with Gasteiger partial charge in [-0.1, -0.05) is 41.9 Å². The molecule has 1 unspecified atom stereocenters. The molecular weight excluding hydrogens is 486 g/mol. The van der Waals surface area contributed by atoms with Crippen molar-refractivity contribution < 1.29 is 9.90 Å². The van der Waals surface area contributed by atoms with Crippen LogP contribution in [0.25, 0.3) is 22.4 Å². The van der Waals surface area contributed by atoms with Crippen LogP contribution >= 0.6 is 11.6 Å². The molecule has 2 aliphatic heterocycles. The number of nitrogens with zero attached hydrogens (tertiary/aromatic N) is 4. The van der Waals surface area contributed by atoms with Crippen molar-refractivity contribution in [3.8, 4) is 11.4 Å². The third kappa shape index (κ3) is 3.89. The number of rotatable bonds is 4. The predicted molar refractivity (Wildman–Crippen MR) is 147 cm³/mol. The first-order chi connectivity index (χ1) is 17.8. The largest absolute Gasteiger partial charge is 0.369 e. The van der Waals surface area contributed by atoms with Crippen molar-refractivity contribution in [2.45, 2.75) is 25.6 Å². The van der Waals surface area contributed by atoms with Gasteiger partial charge in [-0.05, 0) is 56.8 Å². The van der Waals surface area contributed by atoms with Crippen molar-refractivity contribution in [2.24, 2.45) is 0 Å². The number of halogens is 1. The molecule has 8 heteroatoms. The summed E-state index contributed by atoms with van der Waals surface area (Å²) in [5, 5.41) is 11.7. The molecule has 4 aromatic rings. The Bertz CT molecular complexity index is 1490. The zero-order valence-electron chi connectivity index (χ0n) is 21.2. The van der Waals surface area contributed by atoms with Gasteiger partial charge in [0, 0.05) is 48.0 Å². The van der Waals surface area contributed by atoms with E-state index in [4.69, 9.17) is 16.6 Å². The number of fused-ring (bicyclic) bond motifs is 2. The lowest BCUT2D eigenvalue weighted by molar-refractivity contribution is -0.0304. The minimum absolute atomic E-state index is 0.271. The minimum atomic E-state index is -1.17. The van der Waals surface area contributed by atoms with Crippen LogP contribution in [0.1, 0.15) is 41.6 Å².